The van der Waals surface area contributed by atoms with Crippen LogP contribution in [0.5, 0.6) is 0 Å². The van der Waals surface area contributed by atoms with Crippen molar-refractivity contribution >= 4 is 34.0 Å². The minimum Gasteiger partial charge on any atom is -0.360 e. The van der Waals surface area contributed by atoms with Crippen LogP contribution >= 0.6 is 0 Å². The summed E-state index contributed by atoms with van der Waals surface area (Å²) in [5, 5.41) is 3.70. The summed E-state index contributed by atoms with van der Waals surface area (Å²) in [4.78, 5) is 32.0. The van der Waals surface area contributed by atoms with Crippen molar-refractivity contribution in [2.45, 2.75) is 19.3 Å². The first-order chi connectivity index (χ1) is 16.0. The van der Waals surface area contributed by atoms with Gasteiger partial charge in [-0.1, -0.05) is 6.08 Å². The van der Waals surface area contributed by atoms with Crippen LogP contribution in [0.25, 0.3) is 16.5 Å². The monoisotopic (exact) mass is 446 g/mol. The van der Waals surface area contributed by atoms with E-state index in [4.69, 9.17) is 0 Å². The number of carbonyl (C=O) groups excluding carboxylic acids is 2. The van der Waals surface area contributed by atoms with Crippen molar-refractivity contribution in [3.8, 4) is 0 Å². The zero-order valence-corrected chi connectivity index (χ0v) is 18.7. The molecule has 5 rings (SSSR count). The number of fused-ring (bicyclic) bond motifs is 2. The SMILES string of the molecule is CNC(=O)c1ccc2c(c1)CCC(=O)N2CCN1CC=C(c2c[nH]c3cc(F)ccc23)CC1. The number of hydrogen-bond donors (Lipinski definition) is 2. The first kappa shape index (κ1) is 21.4. The van der Waals surface area contributed by atoms with E-state index in [1.807, 2.05) is 29.3 Å². The quantitative estimate of drug-likeness (QED) is 0.628. The number of anilines is 1. The highest BCUT2D eigenvalue weighted by molar-refractivity contribution is 5.99. The molecule has 2 aliphatic heterocycles. The molecular weight excluding hydrogens is 419 g/mol. The number of aromatic amines is 1. The Balaban J connectivity index is 1.26. The Kier molecular flexibility index (Phi) is 5.72. The largest absolute Gasteiger partial charge is 0.360 e. The number of rotatable bonds is 5. The molecule has 0 radical (unpaired) electrons. The molecule has 1 aromatic heterocycles. The molecule has 2 aliphatic rings. The van der Waals surface area contributed by atoms with Crippen molar-refractivity contribution in [3.05, 3.63) is 71.2 Å². The van der Waals surface area contributed by atoms with Crippen molar-refractivity contribution in [2.24, 2.45) is 0 Å². The first-order valence-corrected chi connectivity index (χ1v) is 11.4. The van der Waals surface area contributed by atoms with E-state index in [9.17, 15) is 14.0 Å². The Morgan fingerprint density at radius 2 is 2.00 bits per heavy atom. The van der Waals surface area contributed by atoms with Gasteiger partial charge in [-0.05, 0) is 60.4 Å². The highest BCUT2D eigenvalue weighted by Gasteiger charge is 2.26. The van der Waals surface area contributed by atoms with E-state index in [1.54, 1.807) is 13.1 Å². The smallest absolute Gasteiger partial charge is 0.251 e. The third kappa shape index (κ3) is 4.16. The van der Waals surface area contributed by atoms with Gasteiger partial charge in [0.1, 0.15) is 5.82 Å². The van der Waals surface area contributed by atoms with Crippen molar-refractivity contribution in [2.75, 3.05) is 38.1 Å². The van der Waals surface area contributed by atoms with E-state index >= 15 is 0 Å². The Bertz CT molecular complexity index is 1260. The van der Waals surface area contributed by atoms with Crippen LogP contribution in [-0.4, -0.2) is 54.9 Å². The van der Waals surface area contributed by atoms with Gasteiger partial charge in [0.15, 0.2) is 0 Å². The Labute approximate surface area is 192 Å². The molecule has 7 heteroatoms. The molecule has 2 aromatic carbocycles. The van der Waals surface area contributed by atoms with E-state index in [0.717, 1.165) is 53.8 Å². The van der Waals surface area contributed by atoms with Gasteiger partial charge in [0.2, 0.25) is 5.91 Å². The minimum atomic E-state index is -0.238. The number of hydrogen-bond acceptors (Lipinski definition) is 3. The number of aryl methyl sites for hydroxylation is 1. The van der Waals surface area contributed by atoms with Crippen LogP contribution in [0.1, 0.15) is 34.3 Å². The van der Waals surface area contributed by atoms with Crippen molar-refractivity contribution in [1.82, 2.24) is 15.2 Å². The van der Waals surface area contributed by atoms with E-state index in [2.05, 4.69) is 21.3 Å². The second kappa shape index (κ2) is 8.83. The summed E-state index contributed by atoms with van der Waals surface area (Å²) in [5.41, 5.74) is 5.81. The fraction of sp³-hybridized carbons (Fsp3) is 0.308. The lowest BCUT2D eigenvalue weighted by atomic mass is 9.98. The van der Waals surface area contributed by atoms with Gasteiger partial charge in [-0.2, -0.15) is 0 Å². The predicted molar refractivity (Wildman–Crippen MR) is 128 cm³/mol. The van der Waals surface area contributed by atoms with Gasteiger partial charge in [-0.15, -0.1) is 0 Å². The van der Waals surface area contributed by atoms with Crippen molar-refractivity contribution in [3.63, 3.8) is 0 Å². The summed E-state index contributed by atoms with van der Waals surface area (Å²) in [6, 6.07) is 10.4. The maximum absolute atomic E-state index is 13.5. The second-order valence-electron chi connectivity index (χ2n) is 8.64. The number of amides is 2. The molecule has 0 saturated heterocycles. The lowest BCUT2D eigenvalue weighted by Crippen LogP contribution is -2.42. The zero-order chi connectivity index (χ0) is 22.9. The third-order valence-corrected chi connectivity index (χ3v) is 6.69. The second-order valence-corrected chi connectivity index (χ2v) is 8.64. The zero-order valence-electron chi connectivity index (χ0n) is 18.7. The van der Waals surface area contributed by atoms with Gasteiger partial charge in [0.05, 0.1) is 0 Å². The third-order valence-electron chi connectivity index (χ3n) is 6.69. The number of carbonyl (C=O) groups is 2. The Morgan fingerprint density at radius 1 is 1.12 bits per heavy atom. The Hall–Kier alpha value is -3.45. The van der Waals surface area contributed by atoms with Crippen LogP contribution in [0.4, 0.5) is 10.1 Å². The van der Waals surface area contributed by atoms with Crippen molar-refractivity contribution < 1.29 is 14.0 Å². The standard InChI is InChI=1S/C26H27FN4O2/c1-28-26(33)19-2-6-24-18(14-19)3-7-25(32)31(24)13-12-30-10-8-17(9-11-30)22-16-29-23-15-20(27)4-5-21(22)23/h2,4-6,8,14-16,29H,3,7,9-13H2,1H3,(H,28,33). The van der Waals surface area contributed by atoms with Crippen LogP contribution in [0.3, 0.4) is 0 Å². The van der Waals surface area contributed by atoms with Gasteiger partial charge in [-0.3, -0.25) is 14.5 Å². The van der Waals surface area contributed by atoms with E-state index < -0.39 is 0 Å². The molecule has 170 valence electrons. The molecule has 6 nitrogen and oxygen atoms in total. The van der Waals surface area contributed by atoms with Crippen LogP contribution in [-0.2, 0) is 11.2 Å². The lowest BCUT2D eigenvalue weighted by Gasteiger charge is -2.33. The van der Waals surface area contributed by atoms with Gasteiger partial charge in [-0.25, -0.2) is 4.39 Å². The maximum Gasteiger partial charge on any atom is 0.251 e. The molecule has 3 aromatic rings. The lowest BCUT2D eigenvalue weighted by molar-refractivity contribution is -0.118. The molecule has 0 bridgehead atoms. The van der Waals surface area contributed by atoms with Gasteiger partial charge >= 0.3 is 0 Å². The number of halogens is 1. The predicted octanol–water partition coefficient (Wildman–Crippen LogP) is 3.74. The molecule has 0 saturated carbocycles. The number of aromatic nitrogens is 1. The number of nitrogens with zero attached hydrogens (tertiary/aromatic N) is 2. The molecule has 2 N–H and O–H groups in total. The summed E-state index contributed by atoms with van der Waals surface area (Å²) in [6.45, 7) is 3.13. The highest BCUT2D eigenvalue weighted by Crippen LogP contribution is 2.31. The molecule has 3 heterocycles. The van der Waals surface area contributed by atoms with Gasteiger partial charge in [0.25, 0.3) is 5.91 Å². The topological polar surface area (TPSA) is 68.4 Å². The molecule has 0 aliphatic carbocycles. The fourth-order valence-electron chi connectivity index (χ4n) is 4.86. The highest BCUT2D eigenvalue weighted by atomic mass is 19.1. The molecular formula is C26H27FN4O2. The number of H-pyrrole nitrogens is 1. The van der Waals surface area contributed by atoms with Crippen LogP contribution in [0, 0.1) is 5.82 Å². The van der Waals surface area contributed by atoms with Gasteiger partial charge in [0, 0.05) is 73.6 Å². The van der Waals surface area contributed by atoms with Crippen molar-refractivity contribution in [1.29, 1.82) is 0 Å². The van der Waals surface area contributed by atoms with Crippen LogP contribution in [0.15, 0.2) is 48.7 Å². The molecule has 0 spiro atoms. The van der Waals surface area contributed by atoms with E-state index in [0.29, 0.717) is 24.9 Å². The summed E-state index contributed by atoms with van der Waals surface area (Å²) in [6.07, 6.45) is 6.23. The Morgan fingerprint density at radius 3 is 2.79 bits per heavy atom. The maximum atomic E-state index is 13.5. The van der Waals surface area contributed by atoms with E-state index in [1.165, 1.54) is 17.7 Å². The normalized spacial score (nSPS) is 16.6. The molecule has 0 atom stereocenters. The van der Waals surface area contributed by atoms with Crippen LogP contribution < -0.4 is 10.2 Å². The van der Waals surface area contributed by atoms with Gasteiger partial charge < -0.3 is 15.2 Å². The summed E-state index contributed by atoms with van der Waals surface area (Å²) in [5.74, 6) is -0.217. The average Bonchev–Trinajstić information content (AvgIpc) is 3.26. The molecule has 0 unspecified atom stereocenters. The molecule has 2 amide bonds. The summed E-state index contributed by atoms with van der Waals surface area (Å²) in [7, 11) is 1.62. The fourth-order valence-corrected chi connectivity index (χ4v) is 4.86. The molecule has 33 heavy (non-hydrogen) atoms. The average molecular weight is 447 g/mol. The number of benzene rings is 2. The number of nitrogens with one attached hydrogen (secondary N) is 2. The van der Waals surface area contributed by atoms with E-state index in [-0.39, 0.29) is 17.6 Å². The summed E-state index contributed by atoms with van der Waals surface area (Å²) < 4.78 is 13.5. The summed E-state index contributed by atoms with van der Waals surface area (Å²) >= 11 is 0. The van der Waals surface area contributed by atoms with Crippen LogP contribution in [0.2, 0.25) is 0 Å². The molecule has 0 fully saturated rings. The minimum absolute atomic E-state index is 0.113. The first-order valence-electron chi connectivity index (χ1n) is 11.4.